The van der Waals surface area contributed by atoms with Gasteiger partial charge in [-0.15, -0.1) is 0 Å². The average Bonchev–Trinajstić information content (AvgIpc) is 2.58. The van der Waals surface area contributed by atoms with Gasteiger partial charge in [0, 0.05) is 5.41 Å². The second kappa shape index (κ2) is 2.97. The van der Waals surface area contributed by atoms with Gasteiger partial charge in [-0.05, 0) is 25.2 Å². The summed E-state index contributed by atoms with van der Waals surface area (Å²) in [5, 5.41) is 2.85. The summed E-state index contributed by atoms with van der Waals surface area (Å²) in [7, 11) is 1.37. The number of hydrogen-bond donors (Lipinski definition) is 1. The molecule has 4 nitrogen and oxygen atoms in total. The van der Waals surface area contributed by atoms with E-state index in [1.54, 1.807) is 0 Å². The molecule has 2 fully saturated rings. The minimum Gasteiger partial charge on any atom is -0.467 e. The number of rotatable bonds is 1. The van der Waals surface area contributed by atoms with Crippen LogP contribution in [0.25, 0.3) is 0 Å². The molecule has 2 atom stereocenters. The average molecular weight is 211 g/mol. The lowest BCUT2D eigenvalue weighted by Crippen LogP contribution is -2.60. The zero-order chi connectivity index (χ0) is 11.3. The van der Waals surface area contributed by atoms with Crippen LogP contribution in [0.1, 0.15) is 33.1 Å². The number of esters is 1. The fourth-order valence-corrected chi connectivity index (χ4v) is 2.77. The van der Waals surface area contributed by atoms with E-state index >= 15 is 0 Å². The monoisotopic (exact) mass is 211 g/mol. The van der Waals surface area contributed by atoms with Gasteiger partial charge in [-0.1, -0.05) is 13.8 Å². The van der Waals surface area contributed by atoms with Crippen LogP contribution in [0, 0.1) is 11.3 Å². The molecule has 1 heterocycles. The van der Waals surface area contributed by atoms with Crippen LogP contribution >= 0.6 is 0 Å². The fraction of sp³-hybridized carbons (Fsp3) is 0.818. The third-order valence-corrected chi connectivity index (χ3v) is 4.05. The van der Waals surface area contributed by atoms with Gasteiger partial charge in [0.1, 0.15) is 5.54 Å². The predicted molar refractivity (Wildman–Crippen MR) is 54.0 cm³/mol. The van der Waals surface area contributed by atoms with Crippen molar-refractivity contribution in [3.8, 4) is 0 Å². The van der Waals surface area contributed by atoms with Crippen molar-refractivity contribution in [3.05, 3.63) is 0 Å². The molecule has 0 aromatic carbocycles. The number of amides is 1. The van der Waals surface area contributed by atoms with Crippen molar-refractivity contribution in [2.75, 3.05) is 7.11 Å². The molecular weight excluding hydrogens is 194 g/mol. The molecular formula is C11H17NO3. The van der Waals surface area contributed by atoms with E-state index < -0.39 is 5.54 Å². The maximum atomic E-state index is 11.9. The number of carbonyl (C=O) groups excluding carboxylic acids is 2. The SMILES string of the molecule is COC(=O)C12CCC(C1)C(C)(C)C(=O)N2. The van der Waals surface area contributed by atoms with Crippen LogP contribution in [0.4, 0.5) is 0 Å². The molecule has 1 N–H and O–H groups in total. The summed E-state index contributed by atoms with van der Waals surface area (Å²) in [5.41, 5.74) is -1.08. The molecule has 84 valence electrons. The molecule has 2 bridgehead atoms. The topological polar surface area (TPSA) is 55.4 Å². The Bertz CT molecular complexity index is 324. The third-order valence-electron chi connectivity index (χ3n) is 4.05. The molecule has 1 aliphatic heterocycles. The smallest absolute Gasteiger partial charge is 0.331 e. The number of methoxy groups -OCH3 is 1. The Kier molecular flexibility index (Phi) is 2.07. The Labute approximate surface area is 89.4 Å². The minimum atomic E-state index is -0.730. The maximum absolute atomic E-state index is 11.9. The zero-order valence-electron chi connectivity index (χ0n) is 9.42. The molecule has 1 saturated heterocycles. The van der Waals surface area contributed by atoms with E-state index in [-0.39, 0.29) is 17.3 Å². The number of piperidine rings is 1. The standard InChI is InChI=1S/C11H17NO3/c1-10(2)7-4-5-11(6-7,9(14)15-3)12-8(10)13/h7H,4-6H2,1-3H3,(H,12,13). The molecule has 4 heteroatoms. The Morgan fingerprint density at radius 2 is 2.20 bits per heavy atom. The molecule has 1 amide bonds. The van der Waals surface area contributed by atoms with Crippen LogP contribution in [0.2, 0.25) is 0 Å². The van der Waals surface area contributed by atoms with Crippen LogP contribution in [-0.2, 0) is 14.3 Å². The Morgan fingerprint density at radius 1 is 1.53 bits per heavy atom. The van der Waals surface area contributed by atoms with Gasteiger partial charge >= 0.3 is 5.97 Å². The summed E-state index contributed by atoms with van der Waals surface area (Å²) in [6.07, 6.45) is 2.35. The quantitative estimate of drug-likeness (QED) is 0.654. The van der Waals surface area contributed by atoms with E-state index in [1.165, 1.54) is 7.11 Å². The van der Waals surface area contributed by atoms with Crippen molar-refractivity contribution in [1.29, 1.82) is 0 Å². The number of fused-ring (bicyclic) bond motifs is 2. The second-order valence-electron chi connectivity index (χ2n) is 5.19. The first-order valence-corrected chi connectivity index (χ1v) is 5.33. The maximum Gasteiger partial charge on any atom is 0.331 e. The second-order valence-corrected chi connectivity index (χ2v) is 5.19. The van der Waals surface area contributed by atoms with Gasteiger partial charge in [0.15, 0.2) is 0 Å². The first kappa shape index (κ1) is 10.5. The van der Waals surface area contributed by atoms with Crippen molar-refractivity contribution in [1.82, 2.24) is 5.32 Å². The molecule has 1 aliphatic carbocycles. The van der Waals surface area contributed by atoms with E-state index in [0.29, 0.717) is 12.3 Å². The van der Waals surface area contributed by atoms with E-state index in [0.717, 1.165) is 12.8 Å². The summed E-state index contributed by atoms with van der Waals surface area (Å²) in [6, 6.07) is 0. The summed E-state index contributed by atoms with van der Waals surface area (Å²) in [5.74, 6) is -0.0270. The summed E-state index contributed by atoms with van der Waals surface area (Å²) in [6.45, 7) is 3.89. The number of carbonyl (C=O) groups is 2. The van der Waals surface area contributed by atoms with Crippen molar-refractivity contribution >= 4 is 11.9 Å². The Morgan fingerprint density at radius 3 is 2.80 bits per heavy atom. The zero-order valence-corrected chi connectivity index (χ0v) is 9.42. The molecule has 2 rings (SSSR count). The van der Waals surface area contributed by atoms with Crippen molar-refractivity contribution < 1.29 is 14.3 Å². The first-order chi connectivity index (χ1) is 6.92. The summed E-state index contributed by atoms with van der Waals surface area (Å²) in [4.78, 5) is 23.5. The lowest BCUT2D eigenvalue weighted by atomic mass is 9.73. The highest BCUT2D eigenvalue weighted by Crippen LogP contribution is 2.49. The third kappa shape index (κ3) is 1.27. The van der Waals surface area contributed by atoms with Gasteiger partial charge < -0.3 is 10.1 Å². The molecule has 2 aliphatic rings. The highest BCUT2D eigenvalue weighted by atomic mass is 16.5. The van der Waals surface area contributed by atoms with Gasteiger partial charge in [0.2, 0.25) is 5.91 Å². The van der Waals surface area contributed by atoms with Crippen LogP contribution in [0.15, 0.2) is 0 Å². The Balaban J connectivity index is 2.30. The highest BCUT2D eigenvalue weighted by molar-refractivity contribution is 5.93. The van der Waals surface area contributed by atoms with Gasteiger partial charge in [-0.2, -0.15) is 0 Å². The molecule has 0 spiro atoms. The normalized spacial score (nSPS) is 37.3. The van der Waals surface area contributed by atoms with E-state index in [2.05, 4.69) is 5.32 Å². The van der Waals surface area contributed by atoms with Gasteiger partial charge in [-0.25, -0.2) is 4.79 Å². The van der Waals surface area contributed by atoms with Gasteiger partial charge in [0.25, 0.3) is 0 Å². The molecule has 2 unspecified atom stereocenters. The summed E-state index contributed by atoms with van der Waals surface area (Å²) < 4.78 is 4.77. The van der Waals surface area contributed by atoms with Crippen LogP contribution in [0.5, 0.6) is 0 Å². The predicted octanol–water partition coefficient (Wildman–Crippen LogP) is 0.854. The van der Waals surface area contributed by atoms with Crippen molar-refractivity contribution in [2.24, 2.45) is 11.3 Å². The number of hydrogen-bond acceptors (Lipinski definition) is 3. The van der Waals surface area contributed by atoms with Crippen molar-refractivity contribution in [2.45, 2.75) is 38.6 Å². The van der Waals surface area contributed by atoms with Crippen molar-refractivity contribution in [3.63, 3.8) is 0 Å². The van der Waals surface area contributed by atoms with Gasteiger partial charge in [0.05, 0.1) is 7.11 Å². The lowest BCUT2D eigenvalue weighted by Gasteiger charge is -2.40. The fourth-order valence-electron chi connectivity index (χ4n) is 2.77. The van der Waals surface area contributed by atoms with E-state index in [1.807, 2.05) is 13.8 Å². The van der Waals surface area contributed by atoms with E-state index in [4.69, 9.17) is 4.74 Å². The molecule has 15 heavy (non-hydrogen) atoms. The van der Waals surface area contributed by atoms with E-state index in [9.17, 15) is 9.59 Å². The Hall–Kier alpha value is -1.06. The van der Waals surface area contributed by atoms with Crippen LogP contribution in [0.3, 0.4) is 0 Å². The molecule has 0 aromatic rings. The van der Waals surface area contributed by atoms with Crippen LogP contribution in [-0.4, -0.2) is 24.5 Å². The van der Waals surface area contributed by atoms with Gasteiger partial charge in [-0.3, -0.25) is 4.79 Å². The first-order valence-electron chi connectivity index (χ1n) is 5.33. The van der Waals surface area contributed by atoms with Crippen LogP contribution < -0.4 is 5.32 Å². The largest absolute Gasteiger partial charge is 0.467 e. The highest BCUT2D eigenvalue weighted by Gasteiger charge is 2.58. The molecule has 1 saturated carbocycles. The lowest BCUT2D eigenvalue weighted by molar-refractivity contribution is -0.155. The molecule has 0 radical (unpaired) electrons. The summed E-state index contributed by atoms with van der Waals surface area (Å²) >= 11 is 0. The molecule has 0 aromatic heterocycles. The number of ether oxygens (including phenoxy) is 1. The number of nitrogens with one attached hydrogen (secondary N) is 1. The minimum absolute atomic E-state index is 0.0262.